The van der Waals surface area contributed by atoms with Crippen molar-refractivity contribution in [2.24, 2.45) is 0 Å². The Morgan fingerprint density at radius 2 is 1.71 bits per heavy atom. The number of rotatable bonds is 10. The fourth-order valence-electron chi connectivity index (χ4n) is 3.09. The average Bonchev–Trinajstić information content (AvgIpc) is 2.77. The number of nitrogens with zero attached hydrogens (tertiary/aromatic N) is 2. The summed E-state index contributed by atoms with van der Waals surface area (Å²) in [6, 6.07) is 7.62. The Morgan fingerprint density at radius 3 is 2.24 bits per heavy atom. The lowest BCUT2D eigenvalue weighted by Crippen LogP contribution is -2.52. The van der Waals surface area contributed by atoms with Crippen molar-refractivity contribution in [3.8, 4) is 0 Å². The van der Waals surface area contributed by atoms with E-state index in [0.717, 1.165) is 22.7 Å². The molecule has 2 atom stereocenters. The zero-order valence-corrected chi connectivity index (χ0v) is 21.0. The molecular formula is C23H28ClF2N3O4S. The van der Waals surface area contributed by atoms with Gasteiger partial charge in [0.05, 0.1) is 17.0 Å². The molecule has 0 aliphatic heterocycles. The molecule has 0 bridgehead atoms. The summed E-state index contributed by atoms with van der Waals surface area (Å²) < 4.78 is 52.7. The summed E-state index contributed by atoms with van der Waals surface area (Å²) in [6.07, 6.45) is 1.58. The van der Waals surface area contributed by atoms with Crippen molar-refractivity contribution in [1.29, 1.82) is 0 Å². The molecule has 34 heavy (non-hydrogen) atoms. The molecule has 1 N–H and O–H groups in total. The third-order valence-electron chi connectivity index (χ3n) is 5.30. The molecule has 186 valence electrons. The predicted molar refractivity (Wildman–Crippen MR) is 128 cm³/mol. The highest BCUT2D eigenvalue weighted by molar-refractivity contribution is 7.92. The molecule has 2 amide bonds. The first kappa shape index (κ1) is 27.5. The lowest BCUT2D eigenvalue weighted by Gasteiger charge is -2.32. The normalized spacial score (nSPS) is 13.1. The minimum Gasteiger partial charge on any atom is -0.352 e. The van der Waals surface area contributed by atoms with E-state index in [0.29, 0.717) is 12.0 Å². The molecule has 11 heteroatoms. The van der Waals surface area contributed by atoms with Crippen LogP contribution < -0.4 is 9.62 Å². The molecule has 7 nitrogen and oxygen atoms in total. The van der Waals surface area contributed by atoms with Gasteiger partial charge in [-0.25, -0.2) is 17.2 Å². The maximum Gasteiger partial charge on any atom is 0.244 e. The summed E-state index contributed by atoms with van der Waals surface area (Å²) in [4.78, 5) is 27.4. The first-order valence-corrected chi connectivity index (χ1v) is 12.8. The molecule has 0 aliphatic rings. The summed E-state index contributed by atoms with van der Waals surface area (Å²) in [7, 11) is -3.97. The van der Waals surface area contributed by atoms with Gasteiger partial charge in [0.1, 0.15) is 24.2 Å². The number of carbonyl (C=O) groups excluding carboxylic acids is 2. The summed E-state index contributed by atoms with van der Waals surface area (Å²) in [5, 5.41) is 2.50. The Labute approximate surface area is 203 Å². The van der Waals surface area contributed by atoms with E-state index in [1.165, 1.54) is 42.2 Å². The van der Waals surface area contributed by atoms with E-state index in [4.69, 9.17) is 11.6 Å². The molecule has 0 fully saturated rings. The van der Waals surface area contributed by atoms with Crippen molar-refractivity contribution >= 4 is 39.1 Å². The highest BCUT2D eigenvalue weighted by Crippen LogP contribution is 2.25. The summed E-state index contributed by atoms with van der Waals surface area (Å²) in [5.74, 6) is -2.29. The smallest absolute Gasteiger partial charge is 0.244 e. The van der Waals surface area contributed by atoms with Crippen LogP contribution in [0, 0.1) is 11.6 Å². The third kappa shape index (κ3) is 7.39. The molecule has 0 aliphatic carbocycles. The SMILES string of the molecule is CC[C@H](C)NC(=O)[C@H](C)N(Cc1ccc(F)cc1)C(=O)CN(c1ccc(F)c(Cl)c1)S(C)(=O)=O. The van der Waals surface area contributed by atoms with E-state index in [1.807, 2.05) is 13.8 Å². The van der Waals surface area contributed by atoms with Gasteiger partial charge in [-0.15, -0.1) is 0 Å². The van der Waals surface area contributed by atoms with Gasteiger partial charge in [0.25, 0.3) is 0 Å². The maximum absolute atomic E-state index is 13.6. The number of halogens is 3. The summed E-state index contributed by atoms with van der Waals surface area (Å²) in [6.45, 7) is 4.53. The molecule has 0 heterocycles. The highest BCUT2D eigenvalue weighted by Gasteiger charge is 2.30. The van der Waals surface area contributed by atoms with Crippen LogP contribution in [-0.2, 0) is 26.2 Å². The molecule has 0 unspecified atom stereocenters. The van der Waals surface area contributed by atoms with Crippen molar-refractivity contribution in [1.82, 2.24) is 10.2 Å². The fraction of sp³-hybridized carbons (Fsp3) is 0.391. The molecule has 0 aromatic heterocycles. The fourth-order valence-corrected chi connectivity index (χ4v) is 4.10. The number of sulfonamides is 1. The van der Waals surface area contributed by atoms with Gasteiger partial charge in [0, 0.05) is 12.6 Å². The van der Waals surface area contributed by atoms with Crippen LogP contribution in [0.2, 0.25) is 5.02 Å². The topological polar surface area (TPSA) is 86.8 Å². The van der Waals surface area contributed by atoms with Crippen LogP contribution in [0.3, 0.4) is 0 Å². The lowest BCUT2D eigenvalue weighted by molar-refractivity contribution is -0.139. The third-order valence-corrected chi connectivity index (χ3v) is 6.74. The number of hydrogen-bond donors (Lipinski definition) is 1. The first-order chi connectivity index (χ1) is 15.8. The van der Waals surface area contributed by atoms with Crippen molar-refractivity contribution < 1.29 is 26.8 Å². The predicted octanol–water partition coefficient (Wildman–Crippen LogP) is 3.72. The number of nitrogens with one attached hydrogen (secondary N) is 1. The number of anilines is 1. The van der Waals surface area contributed by atoms with Gasteiger partial charge >= 0.3 is 0 Å². The van der Waals surface area contributed by atoms with Crippen LogP contribution in [0.1, 0.15) is 32.8 Å². The molecular weight excluding hydrogens is 488 g/mol. The van der Waals surface area contributed by atoms with Crippen LogP contribution in [0.25, 0.3) is 0 Å². The molecule has 0 saturated carbocycles. The van der Waals surface area contributed by atoms with Gasteiger partial charge < -0.3 is 10.2 Å². The van der Waals surface area contributed by atoms with Crippen LogP contribution in [0.5, 0.6) is 0 Å². The van der Waals surface area contributed by atoms with E-state index in [2.05, 4.69) is 5.32 Å². The van der Waals surface area contributed by atoms with Crippen molar-refractivity contribution in [2.45, 2.75) is 45.8 Å². The Morgan fingerprint density at radius 1 is 1.09 bits per heavy atom. The molecule has 2 rings (SSSR count). The number of hydrogen-bond acceptors (Lipinski definition) is 4. The quantitative estimate of drug-likeness (QED) is 0.522. The van der Waals surface area contributed by atoms with Crippen LogP contribution in [-0.4, -0.2) is 50.0 Å². The Balaban J connectivity index is 2.39. The van der Waals surface area contributed by atoms with Crippen molar-refractivity contribution in [3.63, 3.8) is 0 Å². The summed E-state index contributed by atoms with van der Waals surface area (Å²) >= 11 is 5.81. The second kappa shape index (κ2) is 11.6. The van der Waals surface area contributed by atoms with E-state index in [9.17, 15) is 26.8 Å². The Hall–Kier alpha value is -2.72. The molecule has 2 aromatic carbocycles. The van der Waals surface area contributed by atoms with E-state index in [1.54, 1.807) is 0 Å². The number of benzene rings is 2. The first-order valence-electron chi connectivity index (χ1n) is 10.6. The van der Waals surface area contributed by atoms with Crippen molar-refractivity contribution in [2.75, 3.05) is 17.1 Å². The molecule has 0 saturated heterocycles. The second-order valence-corrected chi connectivity index (χ2v) is 10.3. The Bertz CT molecular complexity index is 1130. The van der Waals surface area contributed by atoms with Gasteiger partial charge in [0.15, 0.2) is 0 Å². The second-order valence-electron chi connectivity index (χ2n) is 8.01. The maximum atomic E-state index is 13.6. The van der Waals surface area contributed by atoms with Gasteiger partial charge in [0.2, 0.25) is 21.8 Å². The standard InChI is InChI=1S/C23H28ClF2N3O4S/c1-5-15(2)27-23(31)16(3)28(13-17-6-8-18(25)9-7-17)22(30)14-29(34(4,32)33)19-10-11-21(26)20(24)12-19/h6-12,15-16H,5,13-14H2,1-4H3,(H,27,31)/t15-,16-/m0/s1. The van der Waals surface area contributed by atoms with Gasteiger partial charge in [-0.1, -0.05) is 30.7 Å². The van der Waals surface area contributed by atoms with Gasteiger partial charge in [-0.05, 0) is 56.2 Å². The van der Waals surface area contributed by atoms with Gasteiger partial charge in [-0.3, -0.25) is 13.9 Å². The zero-order valence-electron chi connectivity index (χ0n) is 19.4. The van der Waals surface area contributed by atoms with Crippen LogP contribution in [0.15, 0.2) is 42.5 Å². The molecule has 0 radical (unpaired) electrons. The van der Waals surface area contributed by atoms with Crippen LogP contribution in [0.4, 0.5) is 14.5 Å². The summed E-state index contributed by atoms with van der Waals surface area (Å²) in [5.41, 5.74) is 0.550. The average molecular weight is 516 g/mol. The van der Waals surface area contributed by atoms with Crippen LogP contribution >= 0.6 is 11.6 Å². The molecule has 0 spiro atoms. The molecule has 2 aromatic rings. The van der Waals surface area contributed by atoms with E-state index >= 15 is 0 Å². The van der Waals surface area contributed by atoms with Gasteiger partial charge in [-0.2, -0.15) is 0 Å². The number of amides is 2. The Kier molecular flexibility index (Phi) is 9.40. The minimum absolute atomic E-state index is 0.000641. The van der Waals surface area contributed by atoms with E-state index in [-0.39, 0.29) is 23.3 Å². The minimum atomic E-state index is -3.97. The van der Waals surface area contributed by atoms with Crippen molar-refractivity contribution in [3.05, 3.63) is 64.7 Å². The highest BCUT2D eigenvalue weighted by atomic mass is 35.5. The lowest BCUT2D eigenvalue weighted by atomic mass is 10.1. The monoisotopic (exact) mass is 515 g/mol. The van der Waals surface area contributed by atoms with E-state index < -0.39 is 46.1 Å². The largest absolute Gasteiger partial charge is 0.352 e. The zero-order chi connectivity index (χ0) is 25.6. The number of carbonyl (C=O) groups is 2.